The third kappa shape index (κ3) is 6.61. The van der Waals surface area contributed by atoms with E-state index in [1.54, 1.807) is 0 Å². The van der Waals surface area contributed by atoms with Crippen molar-refractivity contribution in [3.05, 3.63) is 35.9 Å². The number of primary amides is 1. The zero-order valence-electron chi connectivity index (χ0n) is 16.4. The highest BCUT2D eigenvalue weighted by molar-refractivity contribution is 5.96. The van der Waals surface area contributed by atoms with Gasteiger partial charge in [-0.05, 0) is 44.8 Å². The van der Waals surface area contributed by atoms with E-state index in [1.165, 1.54) is 0 Å². The largest absolute Gasteiger partial charge is 0.382 e. The van der Waals surface area contributed by atoms with E-state index in [1.807, 2.05) is 42.2 Å². The molecule has 0 aromatic heterocycles. The van der Waals surface area contributed by atoms with Crippen molar-refractivity contribution in [3.8, 4) is 0 Å². The smallest absolute Gasteiger partial charge is 0.318 e. The second kappa shape index (κ2) is 11.4. The zero-order valence-corrected chi connectivity index (χ0v) is 16.4. The van der Waals surface area contributed by atoms with Crippen LogP contribution in [-0.2, 0) is 14.3 Å². The molecule has 1 aliphatic rings. The molecular formula is C20H30N4O4. The molecule has 0 aliphatic carbocycles. The van der Waals surface area contributed by atoms with E-state index in [9.17, 15) is 14.4 Å². The highest BCUT2D eigenvalue weighted by atomic mass is 16.5. The van der Waals surface area contributed by atoms with Crippen LogP contribution in [0.2, 0.25) is 0 Å². The normalized spacial score (nSPS) is 16.3. The minimum atomic E-state index is -0.868. The summed E-state index contributed by atoms with van der Waals surface area (Å²) in [5.74, 6) is -0.467. The van der Waals surface area contributed by atoms with Gasteiger partial charge in [-0.1, -0.05) is 30.3 Å². The lowest BCUT2D eigenvalue weighted by Crippen LogP contribution is -2.48. The van der Waals surface area contributed by atoms with Crippen molar-refractivity contribution < 1.29 is 19.1 Å². The van der Waals surface area contributed by atoms with Crippen LogP contribution < -0.4 is 16.4 Å². The average Bonchev–Trinajstić information content (AvgIpc) is 2.68. The maximum Gasteiger partial charge on any atom is 0.318 e. The van der Waals surface area contributed by atoms with Gasteiger partial charge in [0, 0.05) is 25.7 Å². The van der Waals surface area contributed by atoms with Crippen LogP contribution in [0, 0.1) is 5.92 Å². The molecule has 8 nitrogen and oxygen atoms in total. The number of piperidine rings is 1. The number of rotatable bonds is 9. The van der Waals surface area contributed by atoms with Gasteiger partial charge in [0.25, 0.3) is 0 Å². The highest BCUT2D eigenvalue weighted by Gasteiger charge is 2.33. The fourth-order valence-electron chi connectivity index (χ4n) is 3.45. The van der Waals surface area contributed by atoms with Crippen LogP contribution in [0.4, 0.5) is 4.79 Å². The molecule has 1 atom stereocenters. The molecule has 154 valence electrons. The second-order valence-electron chi connectivity index (χ2n) is 6.82. The summed E-state index contributed by atoms with van der Waals surface area (Å²) in [6.07, 6.45) is 2.11. The first-order valence-electron chi connectivity index (χ1n) is 9.77. The van der Waals surface area contributed by atoms with Crippen LogP contribution >= 0.6 is 0 Å². The van der Waals surface area contributed by atoms with Crippen LogP contribution in [0.3, 0.4) is 0 Å². The van der Waals surface area contributed by atoms with Gasteiger partial charge < -0.3 is 15.8 Å². The van der Waals surface area contributed by atoms with Gasteiger partial charge in [0.05, 0.1) is 0 Å². The summed E-state index contributed by atoms with van der Waals surface area (Å²) < 4.78 is 5.26. The molecule has 4 N–H and O–H groups in total. The molecule has 1 unspecified atom stereocenters. The Labute approximate surface area is 165 Å². The molecule has 0 radical (unpaired) electrons. The molecule has 4 amide bonds. The molecule has 2 rings (SSSR count). The quantitative estimate of drug-likeness (QED) is 0.548. The van der Waals surface area contributed by atoms with Crippen molar-refractivity contribution in [1.29, 1.82) is 0 Å². The van der Waals surface area contributed by atoms with Gasteiger partial charge in [-0.25, -0.2) is 4.79 Å². The third-order valence-electron chi connectivity index (χ3n) is 4.84. The predicted molar refractivity (Wildman–Crippen MR) is 105 cm³/mol. The van der Waals surface area contributed by atoms with E-state index < -0.39 is 18.0 Å². The number of amides is 4. The third-order valence-corrected chi connectivity index (χ3v) is 4.84. The zero-order chi connectivity index (χ0) is 20.4. The van der Waals surface area contributed by atoms with Crippen molar-refractivity contribution >= 4 is 17.8 Å². The molecule has 28 heavy (non-hydrogen) atoms. The first-order valence-corrected chi connectivity index (χ1v) is 9.77. The number of hydrogen-bond acceptors (Lipinski definition) is 5. The van der Waals surface area contributed by atoms with Gasteiger partial charge in [0.1, 0.15) is 6.04 Å². The number of carbonyl (C=O) groups is 3. The van der Waals surface area contributed by atoms with Crippen LogP contribution in [0.5, 0.6) is 0 Å². The summed E-state index contributed by atoms with van der Waals surface area (Å²) in [4.78, 5) is 38.0. The van der Waals surface area contributed by atoms with E-state index in [0.717, 1.165) is 12.0 Å². The number of benzene rings is 1. The molecule has 1 aliphatic heterocycles. The molecule has 1 heterocycles. The number of nitrogens with zero attached hydrogens (tertiary/aromatic N) is 1. The number of imide groups is 1. The maximum atomic E-state index is 12.6. The minimum absolute atomic E-state index is 0.0500. The summed E-state index contributed by atoms with van der Waals surface area (Å²) in [6.45, 7) is 5.04. The van der Waals surface area contributed by atoms with Gasteiger partial charge in [-0.15, -0.1) is 0 Å². The molecule has 1 fully saturated rings. The Kier molecular flexibility index (Phi) is 8.90. The van der Waals surface area contributed by atoms with Gasteiger partial charge in [-0.3, -0.25) is 19.8 Å². The Bertz CT molecular complexity index is 645. The summed E-state index contributed by atoms with van der Waals surface area (Å²) >= 11 is 0. The average molecular weight is 390 g/mol. The monoisotopic (exact) mass is 390 g/mol. The number of nitrogens with two attached hydrogens (primary N) is 1. The molecule has 1 saturated heterocycles. The Morgan fingerprint density at radius 2 is 1.89 bits per heavy atom. The first kappa shape index (κ1) is 21.8. The van der Waals surface area contributed by atoms with Crippen molar-refractivity contribution in [2.75, 3.05) is 32.8 Å². The van der Waals surface area contributed by atoms with Crippen molar-refractivity contribution in [3.63, 3.8) is 0 Å². The lowest BCUT2D eigenvalue weighted by molar-refractivity contribution is -0.128. The highest BCUT2D eigenvalue weighted by Crippen LogP contribution is 2.27. The van der Waals surface area contributed by atoms with E-state index in [2.05, 4.69) is 10.6 Å². The predicted octanol–water partition coefficient (Wildman–Crippen LogP) is 1.18. The van der Waals surface area contributed by atoms with Gasteiger partial charge >= 0.3 is 6.03 Å². The number of ether oxygens (including phenoxy) is 1. The van der Waals surface area contributed by atoms with Crippen LogP contribution in [0.15, 0.2) is 30.3 Å². The number of likely N-dealkylation sites (tertiary alicyclic amines) is 1. The Morgan fingerprint density at radius 1 is 1.21 bits per heavy atom. The van der Waals surface area contributed by atoms with Crippen LogP contribution in [-0.4, -0.2) is 55.6 Å². The molecule has 0 bridgehead atoms. The van der Waals surface area contributed by atoms with Crippen molar-refractivity contribution in [1.82, 2.24) is 15.5 Å². The standard InChI is InChI=1S/C20H30N4O4/c1-2-28-14-6-11-22-18(25)16-9-12-24(13-10-16)17(19(26)23-20(21)27)15-7-4-3-5-8-15/h3-5,7-8,16-17H,2,6,9-14H2,1H3,(H,22,25)(H3,21,23,26,27). The molecule has 0 spiro atoms. The Morgan fingerprint density at radius 3 is 2.50 bits per heavy atom. The summed E-state index contributed by atoms with van der Waals surface area (Å²) in [5.41, 5.74) is 5.92. The van der Waals surface area contributed by atoms with Crippen molar-refractivity contribution in [2.45, 2.75) is 32.2 Å². The molecule has 1 aromatic rings. The lowest BCUT2D eigenvalue weighted by Gasteiger charge is -2.36. The maximum absolute atomic E-state index is 12.6. The van der Waals surface area contributed by atoms with Crippen molar-refractivity contribution in [2.24, 2.45) is 11.7 Å². The SMILES string of the molecule is CCOCCCNC(=O)C1CCN(C(C(=O)NC(N)=O)c2ccccc2)CC1. The van der Waals surface area contributed by atoms with Gasteiger partial charge in [0.2, 0.25) is 11.8 Å². The lowest BCUT2D eigenvalue weighted by atomic mass is 9.93. The summed E-state index contributed by atoms with van der Waals surface area (Å²) in [5, 5.41) is 5.14. The van der Waals surface area contributed by atoms with Gasteiger partial charge in [-0.2, -0.15) is 0 Å². The fourth-order valence-corrected chi connectivity index (χ4v) is 3.45. The fraction of sp³-hybridized carbons (Fsp3) is 0.550. The number of nitrogens with one attached hydrogen (secondary N) is 2. The molecular weight excluding hydrogens is 360 g/mol. The number of hydrogen-bond donors (Lipinski definition) is 3. The van der Waals surface area contributed by atoms with Gasteiger partial charge in [0.15, 0.2) is 0 Å². The molecule has 1 aromatic carbocycles. The van der Waals surface area contributed by atoms with E-state index in [4.69, 9.17) is 10.5 Å². The molecule has 0 saturated carbocycles. The number of carbonyl (C=O) groups excluding carboxylic acids is 3. The van der Waals surface area contributed by atoms with E-state index >= 15 is 0 Å². The van der Waals surface area contributed by atoms with E-state index in [0.29, 0.717) is 45.7 Å². The second-order valence-corrected chi connectivity index (χ2v) is 6.82. The number of urea groups is 1. The van der Waals surface area contributed by atoms with E-state index in [-0.39, 0.29) is 11.8 Å². The minimum Gasteiger partial charge on any atom is -0.382 e. The van der Waals surface area contributed by atoms with Crippen LogP contribution in [0.25, 0.3) is 0 Å². The Hall–Kier alpha value is -2.45. The molecule has 8 heteroatoms. The topological polar surface area (TPSA) is 114 Å². The summed E-state index contributed by atoms with van der Waals surface area (Å²) in [6, 6.07) is 7.79. The summed E-state index contributed by atoms with van der Waals surface area (Å²) in [7, 11) is 0. The Balaban J connectivity index is 1.91. The first-order chi connectivity index (χ1) is 13.5. The van der Waals surface area contributed by atoms with Crippen LogP contribution in [0.1, 0.15) is 37.8 Å².